The first-order valence-corrected chi connectivity index (χ1v) is 22.0. The highest BCUT2D eigenvalue weighted by Gasteiger charge is 2.44. The van der Waals surface area contributed by atoms with Crippen LogP contribution in [0.25, 0.3) is 0 Å². The van der Waals surface area contributed by atoms with Gasteiger partial charge in [-0.1, -0.05) is 142 Å². The summed E-state index contributed by atoms with van der Waals surface area (Å²) in [6.07, 6.45) is 45.3. The van der Waals surface area contributed by atoms with Gasteiger partial charge in [0.25, 0.3) is 0 Å². The van der Waals surface area contributed by atoms with E-state index in [1.165, 1.54) is 25.7 Å². The Bertz CT molecular complexity index is 1320. The first kappa shape index (κ1) is 53.4. The highest BCUT2D eigenvalue weighted by atomic mass is 16.7. The summed E-state index contributed by atoms with van der Waals surface area (Å²) >= 11 is 0. The molecule has 10 nitrogen and oxygen atoms in total. The molecule has 0 aromatic rings. The number of allylic oxidation sites excluding steroid dienone is 18. The third-order valence-corrected chi connectivity index (χ3v) is 9.24. The van der Waals surface area contributed by atoms with Crippen LogP contribution in [0.3, 0.4) is 0 Å². The number of hydrogen-bond acceptors (Lipinski definition) is 10. The van der Waals surface area contributed by atoms with E-state index >= 15 is 0 Å². The number of hydrogen-bond donors (Lipinski definition) is 4. The number of rotatable bonds is 34. The molecule has 0 amide bonds. The van der Waals surface area contributed by atoms with Crippen LogP contribution >= 0.6 is 0 Å². The molecule has 0 bridgehead atoms. The summed E-state index contributed by atoms with van der Waals surface area (Å²) in [6, 6.07) is 0. The van der Waals surface area contributed by atoms with Crippen LogP contribution in [0.15, 0.2) is 109 Å². The molecule has 1 saturated heterocycles. The number of ether oxygens (including phenoxy) is 4. The van der Waals surface area contributed by atoms with Gasteiger partial charge in [-0.3, -0.25) is 9.59 Å². The zero-order chi connectivity index (χ0) is 43.0. The van der Waals surface area contributed by atoms with Crippen LogP contribution < -0.4 is 0 Å². The van der Waals surface area contributed by atoms with Crippen LogP contribution in [0.4, 0.5) is 0 Å². The van der Waals surface area contributed by atoms with Crippen molar-refractivity contribution in [3.8, 4) is 0 Å². The first-order chi connectivity index (χ1) is 28.8. The van der Waals surface area contributed by atoms with E-state index in [1.54, 1.807) is 0 Å². The van der Waals surface area contributed by atoms with Crippen molar-refractivity contribution in [3.63, 3.8) is 0 Å². The molecule has 0 aliphatic carbocycles. The first-order valence-electron chi connectivity index (χ1n) is 22.0. The molecule has 332 valence electrons. The van der Waals surface area contributed by atoms with Gasteiger partial charge in [0.1, 0.15) is 31.0 Å². The molecule has 59 heavy (non-hydrogen) atoms. The van der Waals surface area contributed by atoms with Crippen molar-refractivity contribution in [2.45, 2.75) is 166 Å². The monoisotopic (exact) mass is 825 g/mol. The van der Waals surface area contributed by atoms with E-state index in [9.17, 15) is 30.0 Å². The van der Waals surface area contributed by atoms with Gasteiger partial charge in [0, 0.05) is 12.8 Å². The maximum absolute atomic E-state index is 12.7. The lowest BCUT2D eigenvalue weighted by Crippen LogP contribution is -2.59. The normalized spacial score (nSPS) is 21.1. The van der Waals surface area contributed by atoms with Crippen molar-refractivity contribution in [2.24, 2.45) is 0 Å². The maximum Gasteiger partial charge on any atom is 0.306 e. The fourth-order valence-electron chi connectivity index (χ4n) is 5.74. The minimum Gasteiger partial charge on any atom is -0.462 e. The predicted molar refractivity (Wildman–Crippen MR) is 237 cm³/mol. The Hall–Kier alpha value is -3.64. The minimum absolute atomic E-state index is 0.167. The third-order valence-electron chi connectivity index (χ3n) is 9.24. The van der Waals surface area contributed by atoms with Crippen LogP contribution in [0.1, 0.15) is 129 Å². The zero-order valence-electron chi connectivity index (χ0n) is 35.9. The number of carbonyl (C=O) groups excluding carboxylic acids is 2. The smallest absolute Gasteiger partial charge is 0.306 e. The fourth-order valence-corrected chi connectivity index (χ4v) is 5.74. The minimum atomic E-state index is -1.62. The average molecular weight is 825 g/mol. The lowest BCUT2D eigenvalue weighted by molar-refractivity contribution is -0.305. The molecule has 3 unspecified atom stereocenters. The number of aliphatic hydroxyl groups excluding tert-OH is 4. The van der Waals surface area contributed by atoms with Gasteiger partial charge < -0.3 is 39.4 Å². The van der Waals surface area contributed by atoms with Gasteiger partial charge in [0.2, 0.25) is 0 Å². The molecule has 1 fully saturated rings. The summed E-state index contributed by atoms with van der Waals surface area (Å²) in [4.78, 5) is 25.3. The fraction of sp³-hybridized carbons (Fsp3) is 0.592. The molecule has 6 atom stereocenters. The van der Waals surface area contributed by atoms with Gasteiger partial charge in [-0.05, 0) is 83.5 Å². The van der Waals surface area contributed by atoms with Crippen molar-refractivity contribution in [1.82, 2.24) is 0 Å². The largest absolute Gasteiger partial charge is 0.462 e. The topological polar surface area (TPSA) is 152 Å². The summed E-state index contributed by atoms with van der Waals surface area (Å²) in [5.74, 6) is -0.917. The molecule has 1 rings (SSSR count). The molecule has 4 N–H and O–H groups in total. The second kappa shape index (κ2) is 38.6. The van der Waals surface area contributed by atoms with Gasteiger partial charge in [0.15, 0.2) is 12.4 Å². The van der Waals surface area contributed by atoms with Crippen LogP contribution in [0.2, 0.25) is 0 Å². The lowest BCUT2D eigenvalue weighted by atomic mass is 9.99. The predicted octanol–water partition coefficient (Wildman–Crippen LogP) is 9.33. The van der Waals surface area contributed by atoms with Gasteiger partial charge in [-0.15, -0.1) is 0 Å². The highest BCUT2D eigenvalue weighted by molar-refractivity contribution is 5.70. The van der Waals surface area contributed by atoms with E-state index in [2.05, 4.69) is 86.8 Å². The molecule has 10 heteroatoms. The molecule has 1 aliphatic heterocycles. The Morgan fingerprint density at radius 2 is 1.07 bits per heavy atom. The van der Waals surface area contributed by atoms with Gasteiger partial charge in [0.05, 0.1) is 13.2 Å². The SMILES string of the molecule is CC/C=C/C=C/C=C/C=C/CCCCCC(=O)OC(COC(=O)CCCC/C=C/C/C=C/C/C=C/C/C=C/C/C=C/CCCCC)CO[C@H]1O[C@@H](CO)[C@@H](O)C(O)C1O. The van der Waals surface area contributed by atoms with Gasteiger partial charge in [-0.2, -0.15) is 0 Å². The summed E-state index contributed by atoms with van der Waals surface area (Å²) in [5.41, 5.74) is 0. The van der Waals surface area contributed by atoms with Gasteiger partial charge >= 0.3 is 11.9 Å². The Kier molecular flexibility index (Phi) is 34.9. The Morgan fingerprint density at radius 1 is 0.559 bits per heavy atom. The van der Waals surface area contributed by atoms with Crippen molar-refractivity contribution in [1.29, 1.82) is 0 Å². The summed E-state index contributed by atoms with van der Waals surface area (Å²) in [5, 5.41) is 40.0. The van der Waals surface area contributed by atoms with E-state index in [0.717, 1.165) is 64.2 Å². The number of carbonyl (C=O) groups is 2. The Labute approximate surface area is 355 Å². The van der Waals surface area contributed by atoms with E-state index < -0.39 is 55.4 Å². The lowest BCUT2D eigenvalue weighted by Gasteiger charge is -2.39. The second-order valence-electron chi connectivity index (χ2n) is 14.5. The molecule has 0 radical (unpaired) electrons. The average Bonchev–Trinajstić information content (AvgIpc) is 3.23. The van der Waals surface area contributed by atoms with Crippen molar-refractivity contribution < 1.29 is 49.0 Å². The van der Waals surface area contributed by atoms with Gasteiger partial charge in [-0.25, -0.2) is 0 Å². The quantitative estimate of drug-likeness (QED) is 0.0214. The second-order valence-corrected chi connectivity index (χ2v) is 14.5. The number of esters is 2. The molecule has 0 aromatic carbocycles. The Balaban J connectivity index is 2.40. The van der Waals surface area contributed by atoms with E-state index in [4.69, 9.17) is 18.9 Å². The molecular weight excluding hydrogens is 749 g/mol. The highest BCUT2D eigenvalue weighted by Crippen LogP contribution is 2.22. The summed E-state index contributed by atoms with van der Waals surface area (Å²) in [7, 11) is 0. The van der Waals surface area contributed by atoms with Crippen molar-refractivity contribution in [3.05, 3.63) is 109 Å². The molecule has 1 aliphatic rings. The van der Waals surface area contributed by atoms with Crippen LogP contribution in [0, 0.1) is 0 Å². The van der Waals surface area contributed by atoms with Crippen molar-refractivity contribution in [2.75, 3.05) is 19.8 Å². The zero-order valence-corrected chi connectivity index (χ0v) is 35.9. The Morgan fingerprint density at radius 3 is 1.66 bits per heavy atom. The molecule has 1 heterocycles. The van der Waals surface area contributed by atoms with Crippen LogP contribution in [-0.4, -0.2) is 89.0 Å². The van der Waals surface area contributed by atoms with Crippen LogP contribution in [-0.2, 0) is 28.5 Å². The molecular formula is C49H76O10. The summed E-state index contributed by atoms with van der Waals surface area (Å²) in [6.45, 7) is 3.13. The van der Waals surface area contributed by atoms with E-state index in [1.807, 2.05) is 36.5 Å². The van der Waals surface area contributed by atoms with E-state index in [-0.39, 0.29) is 26.1 Å². The van der Waals surface area contributed by atoms with E-state index in [0.29, 0.717) is 12.8 Å². The number of unbranched alkanes of at least 4 members (excludes halogenated alkanes) is 8. The van der Waals surface area contributed by atoms with Crippen molar-refractivity contribution >= 4 is 11.9 Å². The molecule has 0 aromatic heterocycles. The molecule has 0 spiro atoms. The maximum atomic E-state index is 12.7. The number of aliphatic hydroxyl groups is 4. The summed E-state index contributed by atoms with van der Waals surface area (Å²) < 4.78 is 22.0. The van der Waals surface area contributed by atoms with Crippen LogP contribution in [0.5, 0.6) is 0 Å². The third kappa shape index (κ3) is 30.1. The molecule has 0 saturated carbocycles. The standard InChI is InChI=1S/C49H76O10/c1-3-5-7-9-11-13-15-17-18-19-20-21-22-23-24-26-27-29-31-33-35-37-44(51)56-40-42(41-57-49-48(55)47(54)46(53)43(39-50)59-49)58-45(52)38-36-34-32-30-28-25-16-14-12-10-8-6-4-2/h6,8,10-14,16-18,20-21,23-25,27-29,42-43,46-50,53-55H,3-5,7,9,15,19,22,26,30-41H2,1-2H3/b8-6+,12-10+,13-11+,16-14+,18-17+,21-20+,24-23+,28-25+,29-27+/t42?,43-,46+,47?,48?,49-/m0/s1.